The lowest BCUT2D eigenvalue weighted by Gasteiger charge is -2.24. The number of rotatable bonds is 9. The zero-order valence-corrected chi connectivity index (χ0v) is 21.9. The van der Waals surface area contributed by atoms with Gasteiger partial charge < -0.3 is 20.5 Å². The summed E-state index contributed by atoms with van der Waals surface area (Å²) in [6, 6.07) is 3.41. The van der Waals surface area contributed by atoms with Gasteiger partial charge in [-0.15, -0.1) is 0 Å². The number of H-pyrrole nitrogens is 1. The minimum Gasteiger partial charge on any atom is -0.345 e. The van der Waals surface area contributed by atoms with E-state index in [-0.39, 0.29) is 35.9 Å². The van der Waals surface area contributed by atoms with Crippen LogP contribution in [-0.2, 0) is 14.4 Å². The van der Waals surface area contributed by atoms with Gasteiger partial charge in [-0.2, -0.15) is 0 Å². The predicted molar refractivity (Wildman–Crippen MR) is 136 cm³/mol. The molecule has 1 saturated heterocycles. The molecule has 0 saturated carbocycles. The number of nitrogens with zero attached hydrogens (tertiary/aromatic N) is 2. The largest absolute Gasteiger partial charge is 0.345 e. The highest BCUT2D eigenvalue weighted by Crippen LogP contribution is 2.24. The van der Waals surface area contributed by atoms with E-state index in [9.17, 15) is 18.8 Å². The van der Waals surface area contributed by atoms with Crippen LogP contribution in [0.25, 0.3) is 11.3 Å². The van der Waals surface area contributed by atoms with E-state index in [4.69, 9.17) is 0 Å². The van der Waals surface area contributed by atoms with Crippen LogP contribution < -0.4 is 10.6 Å². The first-order chi connectivity index (χ1) is 16.9. The number of amides is 3. The van der Waals surface area contributed by atoms with Crippen molar-refractivity contribution < 1.29 is 18.8 Å². The lowest BCUT2D eigenvalue weighted by Crippen LogP contribution is -2.50. The Morgan fingerprint density at radius 2 is 1.86 bits per heavy atom. The molecule has 0 spiro atoms. The standard InChI is InChI=1S/C27H38FN5O3/c1-17-8-9-19(20(28)14-17)22-16-29-25(32-22)18(2)30-26(36)21(15-24(35)33-12-6-7-13-33)31-23(34)10-11-27(3,4)5/h8-9,14,16,18,21H,6-7,10-13,15H2,1-5H3,(H,29,32)(H,30,36)(H,31,34)/t18-,21-/m0/s1. The first-order valence-corrected chi connectivity index (χ1v) is 12.6. The monoisotopic (exact) mass is 499 g/mol. The third-order valence-corrected chi connectivity index (χ3v) is 6.37. The number of aryl methyl sites for hydroxylation is 1. The van der Waals surface area contributed by atoms with Crippen LogP contribution in [0.4, 0.5) is 4.39 Å². The maximum absolute atomic E-state index is 14.4. The summed E-state index contributed by atoms with van der Waals surface area (Å²) in [4.78, 5) is 47.7. The van der Waals surface area contributed by atoms with Crippen molar-refractivity contribution in [3.05, 3.63) is 41.6 Å². The van der Waals surface area contributed by atoms with Crippen molar-refractivity contribution in [2.75, 3.05) is 13.1 Å². The topological polar surface area (TPSA) is 107 Å². The highest BCUT2D eigenvalue weighted by atomic mass is 19.1. The molecule has 2 atom stereocenters. The third kappa shape index (κ3) is 7.63. The van der Waals surface area contributed by atoms with Crippen molar-refractivity contribution in [2.24, 2.45) is 5.41 Å². The van der Waals surface area contributed by atoms with E-state index in [2.05, 4.69) is 20.6 Å². The molecule has 9 heteroatoms. The zero-order valence-electron chi connectivity index (χ0n) is 21.9. The first kappa shape index (κ1) is 27.4. The average molecular weight is 500 g/mol. The molecule has 8 nitrogen and oxygen atoms in total. The van der Waals surface area contributed by atoms with Crippen LogP contribution in [0.3, 0.4) is 0 Å². The summed E-state index contributed by atoms with van der Waals surface area (Å²) in [6.07, 6.45) is 4.24. The summed E-state index contributed by atoms with van der Waals surface area (Å²) >= 11 is 0. The van der Waals surface area contributed by atoms with Crippen molar-refractivity contribution in [1.29, 1.82) is 0 Å². The number of carbonyl (C=O) groups excluding carboxylic acids is 3. The highest BCUT2D eigenvalue weighted by Gasteiger charge is 2.29. The van der Waals surface area contributed by atoms with Gasteiger partial charge in [0.2, 0.25) is 17.7 Å². The van der Waals surface area contributed by atoms with Crippen molar-refractivity contribution in [3.8, 4) is 11.3 Å². The molecule has 2 heterocycles. The van der Waals surface area contributed by atoms with Crippen LogP contribution in [0.1, 0.15) is 77.2 Å². The van der Waals surface area contributed by atoms with E-state index in [1.165, 1.54) is 12.3 Å². The first-order valence-electron chi connectivity index (χ1n) is 12.6. The molecule has 0 radical (unpaired) electrons. The lowest BCUT2D eigenvalue weighted by atomic mass is 9.90. The van der Waals surface area contributed by atoms with Crippen molar-refractivity contribution in [1.82, 2.24) is 25.5 Å². The van der Waals surface area contributed by atoms with Crippen LogP contribution in [-0.4, -0.2) is 51.7 Å². The van der Waals surface area contributed by atoms with Gasteiger partial charge in [-0.1, -0.05) is 26.8 Å². The molecule has 0 aliphatic carbocycles. The maximum Gasteiger partial charge on any atom is 0.243 e. The Morgan fingerprint density at radius 1 is 1.17 bits per heavy atom. The number of imidazole rings is 1. The highest BCUT2D eigenvalue weighted by molar-refractivity contribution is 5.92. The van der Waals surface area contributed by atoms with Crippen LogP contribution in [0, 0.1) is 18.2 Å². The van der Waals surface area contributed by atoms with Gasteiger partial charge in [0.05, 0.1) is 24.4 Å². The SMILES string of the molecule is Cc1ccc(-c2cnc([C@H](C)NC(=O)[C@H](CC(=O)N3CCCC3)NC(=O)CCC(C)(C)C)[nH]2)c(F)c1. The van der Waals surface area contributed by atoms with Crippen molar-refractivity contribution in [3.63, 3.8) is 0 Å². The predicted octanol–water partition coefficient (Wildman–Crippen LogP) is 4.03. The molecule has 196 valence electrons. The molecule has 3 N–H and O–H groups in total. The van der Waals surface area contributed by atoms with E-state index >= 15 is 0 Å². The Kier molecular flexibility index (Phi) is 8.87. The molecule has 1 aliphatic heterocycles. The Bertz CT molecular complexity index is 1090. The summed E-state index contributed by atoms with van der Waals surface area (Å²) in [6.45, 7) is 11.0. The summed E-state index contributed by atoms with van der Waals surface area (Å²) in [5, 5.41) is 5.61. The minimum atomic E-state index is -0.989. The van der Waals surface area contributed by atoms with Crippen molar-refractivity contribution in [2.45, 2.75) is 78.8 Å². The fourth-order valence-electron chi connectivity index (χ4n) is 4.15. The minimum absolute atomic E-state index is 0.0249. The molecule has 1 aromatic heterocycles. The molecular formula is C27H38FN5O3. The molecule has 1 aromatic carbocycles. The molecule has 36 heavy (non-hydrogen) atoms. The Labute approximate surface area is 212 Å². The Hall–Kier alpha value is -3.23. The number of carbonyl (C=O) groups is 3. The zero-order chi connectivity index (χ0) is 26.5. The Balaban J connectivity index is 1.69. The maximum atomic E-state index is 14.4. The number of aromatic nitrogens is 2. The second kappa shape index (κ2) is 11.7. The van der Waals surface area contributed by atoms with Crippen LogP contribution in [0.2, 0.25) is 0 Å². The molecule has 3 rings (SSSR count). The average Bonchev–Trinajstić information content (AvgIpc) is 3.49. The molecule has 1 fully saturated rings. The number of likely N-dealkylation sites (tertiary alicyclic amines) is 1. The summed E-state index contributed by atoms with van der Waals surface area (Å²) in [5.41, 5.74) is 1.68. The number of aromatic amines is 1. The fourth-order valence-corrected chi connectivity index (χ4v) is 4.15. The van der Waals surface area contributed by atoms with Gasteiger partial charge in [-0.25, -0.2) is 9.37 Å². The van der Waals surface area contributed by atoms with Crippen LogP contribution in [0.5, 0.6) is 0 Å². The van der Waals surface area contributed by atoms with Gasteiger partial charge in [0.1, 0.15) is 17.7 Å². The van der Waals surface area contributed by atoms with Crippen LogP contribution in [0.15, 0.2) is 24.4 Å². The van der Waals surface area contributed by atoms with Crippen LogP contribution >= 0.6 is 0 Å². The number of benzene rings is 1. The third-order valence-electron chi connectivity index (χ3n) is 6.37. The van der Waals surface area contributed by atoms with E-state index < -0.39 is 18.0 Å². The number of nitrogens with one attached hydrogen (secondary N) is 3. The quantitative estimate of drug-likeness (QED) is 0.484. The van der Waals surface area contributed by atoms with E-state index in [1.54, 1.807) is 17.9 Å². The Morgan fingerprint density at radius 3 is 2.50 bits per heavy atom. The molecule has 2 aromatic rings. The lowest BCUT2D eigenvalue weighted by molar-refractivity contribution is -0.136. The number of hydrogen-bond donors (Lipinski definition) is 3. The second-order valence-corrected chi connectivity index (χ2v) is 10.9. The molecular weight excluding hydrogens is 461 g/mol. The van der Waals surface area contributed by atoms with Gasteiger partial charge in [0, 0.05) is 25.1 Å². The van der Waals surface area contributed by atoms with E-state index in [1.807, 2.05) is 33.8 Å². The van der Waals surface area contributed by atoms with Gasteiger partial charge in [-0.05, 0) is 56.2 Å². The fraction of sp³-hybridized carbons (Fsp3) is 0.556. The smallest absolute Gasteiger partial charge is 0.243 e. The van der Waals surface area contributed by atoms with Gasteiger partial charge in [0.15, 0.2) is 0 Å². The van der Waals surface area contributed by atoms with E-state index in [0.29, 0.717) is 36.6 Å². The molecule has 0 unspecified atom stereocenters. The van der Waals surface area contributed by atoms with E-state index in [0.717, 1.165) is 18.4 Å². The van der Waals surface area contributed by atoms with Gasteiger partial charge in [0.25, 0.3) is 0 Å². The summed E-state index contributed by atoms with van der Waals surface area (Å²) < 4.78 is 14.4. The summed E-state index contributed by atoms with van der Waals surface area (Å²) in [5.74, 6) is -0.783. The van der Waals surface area contributed by atoms with Crippen molar-refractivity contribution >= 4 is 17.7 Å². The van der Waals surface area contributed by atoms with Gasteiger partial charge in [-0.3, -0.25) is 14.4 Å². The molecule has 1 aliphatic rings. The number of hydrogen-bond acceptors (Lipinski definition) is 4. The van der Waals surface area contributed by atoms with Gasteiger partial charge >= 0.3 is 0 Å². The molecule has 0 bridgehead atoms. The second-order valence-electron chi connectivity index (χ2n) is 10.9. The molecule has 3 amide bonds. The summed E-state index contributed by atoms with van der Waals surface area (Å²) in [7, 11) is 0. The normalized spacial score (nSPS) is 15.4. The number of halogens is 1.